The van der Waals surface area contributed by atoms with E-state index in [-0.39, 0.29) is 40.8 Å². The molecule has 10 heteroatoms. The number of halogens is 2. The minimum absolute atomic E-state index is 0. The first-order chi connectivity index (χ1) is 13.3. The van der Waals surface area contributed by atoms with Crippen LogP contribution in [0.15, 0.2) is 58.4 Å². The van der Waals surface area contributed by atoms with E-state index in [1.807, 2.05) is 13.8 Å². The summed E-state index contributed by atoms with van der Waals surface area (Å²) in [4.78, 5) is 4.53. The molecule has 2 rings (SSSR count). The summed E-state index contributed by atoms with van der Waals surface area (Å²) in [6.45, 7) is 5.32. The smallest absolute Gasteiger partial charge is 0.238 e. The number of nitrogens with one attached hydrogen (secondary N) is 2. The molecule has 0 aromatic heterocycles. The molecule has 0 aliphatic carbocycles. The highest BCUT2D eigenvalue weighted by Gasteiger charge is 2.08. The van der Waals surface area contributed by atoms with Gasteiger partial charge in [0.05, 0.1) is 18.0 Å². The maximum atomic E-state index is 13.2. The SMILES string of the molecule is CCNC(=NCc1ccc(S(N)(=O)=O)cc1)NCC(C)Oc1cccc(F)c1.I. The Morgan fingerprint density at radius 2 is 1.90 bits per heavy atom. The Balaban J connectivity index is 0.00000420. The van der Waals surface area contributed by atoms with Gasteiger partial charge in [0.2, 0.25) is 10.0 Å². The third-order valence-electron chi connectivity index (χ3n) is 3.71. The van der Waals surface area contributed by atoms with Crippen LogP contribution in [0.4, 0.5) is 4.39 Å². The summed E-state index contributed by atoms with van der Waals surface area (Å²) in [5.74, 6) is 0.708. The summed E-state index contributed by atoms with van der Waals surface area (Å²) in [6, 6.07) is 12.2. The van der Waals surface area contributed by atoms with Crippen LogP contribution in [0.1, 0.15) is 19.4 Å². The van der Waals surface area contributed by atoms with Crippen LogP contribution in [0.3, 0.4) is 0 Å². The Kier molecular flexibility index (Phi) is 10.3. The van der Waals surface area contributed by atoms with Gasteiger partial charge in [0, 0.05) is 12.6 Å². The second kappa shape index (κ2) is 11.9. The molecular weight excluding hydrogens is 510 g/mol. The maximum Gasteiger partial charge on any atom is 0.238 e. The lowest BCUT2D eigenvalue weighted by molar-refractivity contribution is 0.223. The van der Waals surface area contributed by atoms with Crippen LogP contribution in [0.25, 0.3) is 0 Å². The zero-order valence-electron chi connectivity index (χ0n) is 16.3. The molecule has 2 aromatic carbocycles. The van der Waals surface area contributed by atoms with Crippen molar-refractivity contribution in [3.63, 3.8) is 0 Å². The van der Waals surface area contributed by atoms with E-state index in [1.165, 1.54) is 24.3 Å². The topological polar surface area (TPSA) is 106 Å². The van der Waals surface area contributed by atoms with Gasteiger partial charge in [-0.3, -0.25) is 0 Å². The van der Waals surface area contributed by atoms with Crippen molar-refractivity contribution in [2.45, 2.75) is 31.4 Å². The quantitative estimate of drug-likeness (QED) is 0.273. The number of sulfonamides is 1. The molecule has 0 aliphatic heterocycles. The van der Waals surface area contributed by atoms with Gasteiger partial charge >= 0.3 is 0 Å². The first-order valence-electron chi connectivity index (χ1n) is 8.84. The van der Waals surface area contributed by atoms with Crippen LogP contribution in [0.2, 0.25) is 0 Å². The van der Waals surface area contributed by atoms with E-state index in [0.29, 0.717) is 31.3 Å². The Morgan fingerprint density at radius 1 is 1.21 bits per heavy atom. The van der Waals surface area contributed by atoms with E-state index in [4.69, 9.17) is 9.88 Å². The molecule has 1 atom stereocenters. The molecule has 160 valence electrons. The fourth-order valence-electron chi connectivity index (χ4n) is 2.35. The molecule has 0 bridgehead atoms. The predicted octanol–water partition coefficient (Wildman–Crippen LogP) is 2.61. The van der Waals surface area contributed by atoms with Crippen molar-refractivity contribution >= 4 is 40.0 Å². The highest BCUT2D eigenvalue weighted by atomic mass is 127. The second-order valence-corrected chi connectivity index (χ2v) is 7.71. The first kappa shape index (κ1) is 25.1. The summed E-state index contributed by atoms with van der Waals surface area (Å²) in [5, 5.41) is 11.4. The fourth-order valence-corrected chi connectivity index (χ4v) is 2.87. The number of rotatable bonds is 8. The summed E-state index contributed by atoms with van der Waals surface area (Å²) >= 11 is 0. The monoisotopic (exact) mass is 536 g/mol. The average molecular weight is 536 g/mol. The average Bonchev–Trinajstić information content (AvgIpc) is 2.63. The molecule has 1 unspecified atom stereocenters. The lowest BCUT2D eigenvalue weighted by Gasteiger charge is -2.17. The first-order valence-corrected chi connectivity index (χ1v) is 10.4. The van der Waals surface area contributed by atoms with E-state index < -0.39 is 10.0 Å². The van der Waals surface area contributed by atoms with Gasteiger partial charge in [0.1, 0.15) is 17.7 Å². The van der Waals surface area contributed by atoms with E-state index >= 15 is 0 Å². The Bertz CT molecular complexity index is 908. The molecule has 0 fully saturated rings. The minimum Gasteiger partial charge on any atom is -0.489 e. The van der Waals surface area contributed by atoms with Gasteiger partial charge in [0.25, 0.3) is 0 Å². The molecule has 0 saturated heterocycles. The predicted molar refractivity (Wildman–Crippen MR) is 123 cm³/mol. The molecule has 0 spiro atoms. The van der Waals surface area contributed by atoms with Crippen molar-refractivity contribution in [3.8, 4) is 5.75 Å². The van der Waals surface area contributed by atoms with E-state index in [0.717, 1.165) is 5.56 Å². The molecule has 29 heavy (non-hydrogen) atoms. The van der Waals surface area contributed by atoms with Gasteiger partial charge < -0.3 is 15.4 Å². The number of guanidine groups is 1. The van der Waals surface area contributed by atoms with Crippen LogP contribution in [-0.2, 0) is 16.6 Å². The number of hydrogen-bond donors (Lipinski definition) is 3. The van der Waals surface area contributed by atoms with Crippen LogP contribution < -0.4 is 20.5 Å². The van der Waals surface area contributed by atoms with E-state index in [2.05, 4.69) is 15.6 Å². The molecule has 2 aromatic rings. The lowest BCUT2D eigenvalue weighted by Crippen LogP contribution is -2.41. The zero-order valence-corrected chi connectivity index (χ0v) is 19.4. The summed E-state index contributed by atoms with van der Waals surface area (Å²) < 4.78 is 41.5. The van der Waals surface area contributed by atoms with Crippen molar-refractivity contribution in [3.05, 3.63) is 59.9 Å². The van der Waals surface area contributed by atoms with Gasteiger partial charge in [0.15, 0.2) is 5.96 Å². The van der Waals surface area contributed by atoms with Gasteiger partial charge in [-0.2, -0.15) is 0 Å². The highest BCUT2D eigenvalue weighted by Crippen LogP contribution is 2.13. The lowest BCUT2D eigenvalue weighted by atomic mass is 10.2. The molecule has 4 N–H and O–H groups in total. The van der Waals surface area contributed by atoms with E-state index in [1.54, 1.807) is 24.3 Å². The largest absolute Gasteiger partial charge is 0.489 e. The summed E-state index contributed by atoms with van der Waals surface area (Å²) in [7, 11) is -3.70. The zero-order chi connectivity index (χ0) is 20.6. The number of nitrogens with two attached hydrogens (primary N) is 1. The van der Waals surface area contributed by atoms with Crippen molar-refractivity contribution in [2.24, 2.45) is 10.1 Å². The molecule has 7 nitrogen and oxygen atoms in total. The molecule has 0 saturated carbocycles. The van der Waals surface area contributed by atoms with Gasteiger partial charge in [-0.1, -0.05) is 18.2 Å². The van der Waals surface area contributed by atoms with Crippen LogP contribution in [-0.4, -0.2) is 33.6 Å². The Morgan fingerprint density at radius 3 is 2.48 bits per heavy atom. The normalized spacial score (nSPS) is 12.6. The molecule has 0 radical (unpaired) electrons. The number of aliphatic imine (C=N–C) groups is 1. The number of hydrogen-bond acceptors (Lipinski definition) is 4. The van der Waals surface area contributed by atoms with Gasteiger partial charge in [-0.05, 0) is 43.7 Å². The van der Waals surface area contributed by atoms with Gasteiger partial charge in [-0.15, -0.1) is 24.0 Å². The van der Waals surface area contributed by atoms with Crippen molar-refractivity contribution in [2.75, 3.05) is 13.1 Å². The van der Waals surface area contributed by atoms with Crippen molar-refractivity contribution in [1.29, 1.82) is 0 Å². The maximum absolute atomic E-state index is 13.2. The Hall–Kier alpha value is -1.92. The van der Waals surface area contributed by atoms with Crippen molar-refractivity contribution < 1.29 is 17.5 Å². The number of primary sulfonamides is 1. The number of benzene rings is 2. The molecule has 0 aliphatic rings. The van der Waals surface area contributed by atoms with Crippen LogP contribution in [0, 0.1) is 5.82 Å². The molecule has 0 amide bonds. The summed E-state index contributed by atoms with van der Waals surface area (Å²) in [6.07, 6.45) is -0.209. The van der Waals surface area contributed by atoms with Crippen LogP contribution >= 0.6 is 24.0 Å². The third kappa shape index (κ3) is 8.96. The highest BCUT2D eigenvalue weighted by molar-refractivity contribution is 14.0. The van der Waals surface area contributed by atoms with Crippen LogP contribution in [0.5, 0.6) is 5.75 Å². The van der Waals surface area contributed by atoms with Gasteiger partial charge in [-0.25, -0.2) is 22.9 Å². The molecule has 0 heterocycles. The van der Waals surface area contributed by atoms with Crippen molar-refractivity contribution in [1.82, 2.24) is 10.6 Å². The van der Waals surface area contributed by atoms with E-state index in [9.17, 15) is 12.8 Å². The molecular formula is C19H26FIN4O3S. The minimum atomic E-state index is -3.70. The fraction of sp³-hybridized carbons (Fsp3) is 0.316. The Labute approximate surface area is 188 Å². The number of nitrogens with zero attached hydrogens (tertiary/aromatic N) is 1. The number of ether oxygens (including phenoxy) is 1. The third-order valence-corrected chi connectivity index (χ3v) is 4.64. The second-order valence-electron chi connectivity index (χ2n) is 6.15. The summed E-state index contributed by atoms with van der Waals surface area (Å²) in [5.41, 5.74) is 0.841. The standard InChI is InChI=1S/C19H25FN4O3S.HI/c1-3-22-19(23-12-14(2)27-17-6-4-5-16(20)11-17)24-13-15-7-9-18(10-8-15)28(21,25)26;/h4-11,14H,3,12-13H2,1-2H3,(H2,21,25,26)(H2,22,23,24);1H.